The Morgan fingerprint density at radius 2 is 1.26 bits per heavy atom. The summed E-state index contributed by atoms with van der Waals surface area (Å²) in [6.45, 7) is 10.9. The molecule has 0 N–H and O–H groups in total. The third-order valence-electron chi connectivity index (χ3n) is 8.56. The van der Waals surface area contributed by atoms with Crippen molar-refractivity contribution in [2.75, 3.05) is 0 Å². The first-order chi connectivity index (χ1) is 22.5. The van der Waals surface area contributed by atoms with Crippen LogP contribution >= 0.6 is 18.1 Å². The number of rotatable bonds is 12. The van der Waals surface area contributed by atoms with E-state index in [1.807, 2.05) is 24.3 Å². The molecule has 6 rings (SSSR count). The summed E-state index contributed by atoms with van der Waals surface area (Å²) in [6.07, 6.45) is 7.19. The Morgan fingerprint density at radius 3 is 1.93 bits per heavy atom. The molecule has 0 saturated carbocycles. The van der Waals surface area contributed by atoms with Crippen LogP contribution in [0.15, 0.2) is 97.1 Å². The summed E-state index contributed by atoms with van der Waals surface area (Å²) in [5.41, 5.74) is 8.09. The van der Waals surface area contributed by atoms with E-state index in [1.54, 1.807) is 0 Å². The largest absolute Gasteiger partial charge is 0.440 e. The molecule has 6 heteroatoms. The van der Waals surface area contributed by atoms with E-state index < -0.39 is 0 Å². The van der Waals surface area contributed by atoms with Crippen LogP contribution in [0.1, 0.15) is 80.7 Å². The maximum Gasteiger partial charge on any atom is 0.275 e. The highest BCUT2D eigenvalue weighted by atomic mass is 31.1. The zero-order valence-electron chi connectivity index (χ0n) is 27.2. The highest BCUT2D eigenvalue weighted by Crippen LogP contribution is 2.50. The minimum absolute atomic E-state index is 0.202. The third-order valence-corrected chi connectivity index (χ3v) is 9.76. The van der Waals surface area contributed by atoms with Crippen molar-refractivity contribution >= 4 is 34.9 Å². The van der Waals surface area contributed by atoms with E-state index in [2.05, 4.69) is 114 Å². The SMILES string of the molecule is CCc1cc2ccccc2c(-c2c(OPOc3ccccc3C(C)C)ccc3c2CCC=C3)c1OPOc1ccccc1C(C)C. The molecule has 0 radical (unpaired) electrons. The van der Waals surface area contributed by atoms with Crippen molar-refractivity contribution in [1.29, 1.82) is 0 Å². The zero-order chi connectivity index (χ0) is 32.0. The molecule has 2 atom stereocenters. The summed E-state index contributed by atoms with van der Waals surface area (Å²) in [7, 11) is -0.408. The summed E-state index contributed by atoms with van der Waals surface area (Å²) in [5, 5.41) is 2.31. The molecule has 0 amide bonds. The quantitative estimate of drug-likeness (QED) is 0.126. The highest BCUT2D eigenvalue weighted by Gasteiger charge is 2.25. The van der Waals surface area contributed by atoms with Crippen LogP contribution < -0.4 is 18.1 Å². The standard InChI is InChI=1S/C40H42O4P2/c1-6-28-25-30-16-8-10-20-34(30)39(40(28)44-46-42-36-22-14-12-18-32(36)27(4)5)38-33-19-9-7-15-29(33)23-24-37(38)43-45-41-35-21-13-11-17-31(35)26(2)3/h7-8,10-18,20-27,45-46H,6,9,19H2,1-5H3. The lowest BCUT2D eigenvalue weighted by Crippen LogP contribution is -2.03. The molecular weight excluding hydrogens is 606 g/mol. The number of fused-ring (bicyclic) bond motifs is 2. The van der Waals surface area contributed by atoms with Gasteiger partial charge in [-0.05, 0) is 94.0 Å². The zero-order valence-corrected chi connectivity index (χ0v) is 29.2. The average Bonchev–Trinajstić information content (AvgIpc) is 3.08. The van der Waals surface area contributed by atoms with Gasteiger partial charge in [0.25, 0.3) is 18.1 Å². The summed E-state index contributed by atoms with van der Waals surface area (Å²) in [4.78, 5) is 0. The number of para-hydroxylation sites is 2. The first-order valence-electron chi connectivity index (χ1n) is 16.2. The fourth-order valence-corrected chi connectivity index (χ4v) is 7.41. The molecule has 0 aliphatic heterocycles. The van der Waals surface area contributed by atoms with Gasteiger partial charge < -0.3 is 18.1 Å². The lowest BCUT2D eigenvalue weighted by Gasteiger charge is -2.24. The normalized spacial score (nSPS) is 12.9. The van der Waals surface area contributed by atoms with E-state index in [9.17, 15) is 0 Å². The molecule has 0 saturated heterocycles. The molecule has 0 spiro atoms. The second-order valence-electron chi connectivity index (χ2n) is 12.2. The number of benzene rings is 5. The lowest BCUT2D eigenvalue weighted by molar-refractivity contribution is 0.504. The topological polar surface area (TPSA) is 36.9 Å². The molecule has 2 unspecified atom stereocenters. The predicted octanol–water partition coefficient (Wildman–Crippen LogP) is 12.2. The van der Waals surface area contributed by atoms with Gasteiger partial charge in [0.1, 0.15) is 23.0 Å². The summed E-state index contributed by atoms with van der Waals surface area (Å²) < 4.78 is 25.9. The second kappa shape index (κ2) is 14.7. The van der Waals surface area contributed by atoms with Crippen LogP contribution in [0, 0.1) is 0 Å². The number of hydrogen-bond acceptors (Lipinski definition) is 4. The molecule has 5 aromatic carbocycles. The first kappa shape index (κ1) is 32.1. The number of hydrogen-bond donors (Lipinski definition) is 0. The molecule has 1 aliphatic rings. The average molecular weight is 649 g/mol. The minimum atomic E-state index is -0.206. The Bertz CT molecular complexity index is 1860. The van der Waals surface area contributed by atoms with Crippen LogP contribution in [0.25, 0.3) is 28.0 Å². The fraction of sp³-hybridized carbons (Fsp3) is 0.250. The molecular formula is C40H42O4P2. The van der Waals surface area contributed by atoms with E-state index in [1.165, 1.54) is 27.6 Å². The van der Waals surface area contributed by atoms with Gasteiger partial charge in [-0.25, -0.2) is 0 Å². The van der Waals surface area contributed by atoms with Crippen molar-refractivity contribution in [3.8, 4) is 34.1 Å². The molecule has 1 aliphatic carbocycles. The minimum Gasteiger partial charge on any atom is -0.440 e. The highest BCUT2D eigenvalue weighted by molar-refractivity contribution is 7.27. The lowest BCUT2D eigenvalue weighted by atomic mass is 9.85. The van der Waals surface area contributed by atoms with Crippen molar-refractivity contribution < 1.29 is 18.1 Å². The smallest absolute Gasteiger partial charge is 0.275 e. The molecule has 4 nitrogen and oxygen atoms in total. The summed E-state index contributed by atoms with van der Waals surface area (Å²) in [6, 6.07) is 31.5. The molecule has 0 heterocycles. The monoisotopic (exact) mass is 648 g/mol. The Balaban J connectivity index is 1.43. The molecule has 0 bridgehead atoms. The fourth-order valence-electron chi connectivity index (χ4n) is 6.20. The van der Waals surface area contributed by atoms with Crippen LogP contribution in [-0.4, -0.2) is 0 Å². The van der Waals surface area contributed by atoms with Crippen LogP contribution in [0.2, 0.25) is 0 Å². The van der Waals surface area contributed by atoms with Gasteiger partial charge in [-0.2, -0.15) is 0 Å². The van der Waals surface area contributed by atoms with Crippen LogP contribution in [0.3, 0.4) is 0 Å². The van der Waals surface area contributed by atoms with Crippen LogP contribution in [0.5, 0.6) is 23.0 Å². The van der Waals surface area contributed by atoms with Gasteiger partial charge in [-0.15, -0.1) is 0 Å². The summed E-state index contributed by atoms with van der Waals surface area (Å²) in [5.74, 6) is 4.08. The molecule has 46 heavy (non-hydrogen) atoms. The molecule has 236 valence electrons. The van der Waals surface area contributed by atoms with Crippen LogP contribution in [0.4, 0.5) is 0 Å². The van der Waals surface area contributed by atoms with Gasteiger partial charge >= 0.3 is 0 Å². The van der Waals surface area contributed by atoms with Gasteiger partial charge in [-0.1, -0.05) is 114 Å². The Labute approximate surface area is 277 Å². The van der Waals surface area contributed by atoms with Crippen molar-refractivity contribution in [2.45, 2.75) is 65.7 Å². The van der Waals surface area contributed by atoms with E-state index >= 15 is 0 Å². The van der Waals surface area contributed by atoms with Gasteiger partial charge in [0.15, 0.2) is 0 Å². The Hall–Kier alpha value is -3.84. The second-order valence-corrected chi connectivity index (χ2v) is 13.4. The van der Waals surface area contributed by atoms with Crippen molar-refractivity contribution in [2.24, 2.45) is 0 Å². The molecule has 0 aromatic heterocycles. The van der Waals surface area contributed by atoms with E-state index in [-0.39, 0.29) is 18.1 Å². The van der Waals surface area contributed by atoms with Gasteiger partial charge in [0.05, 0.1) is 0 Å². The molecule has 5 aromatic rings. The maximum atomic E-state index is 6.73. The van der Waals surface area contributed by atoms with E-state index in [0.717, 1.165) is 64.3 Å². The van der Waals surface area contributed by atoms with Crippen molar-refractivity contribution in [1.82, 2.24) is 0 Å². The Morgan fingerprint density at radius 1 is 0.652 bits per heavy atom. The third kappa shape index (κ3) is 6.80. The number of allylic oxidation sites excluding steroid dienone is 1. The van der Waals surface area contributed by atoms with Crippen molar-refractivity contribution in [3.63, 3.8) is 0 Å². The van der Waals surface area contributed by atoms with Gasteiger partial charge in [0.2, 0.25) is 0 Å². The number of aryl methyl sites for hydroxylation is 1. The Kier molecular flexibility index (Phi) is 10.3. The predicted molar refractivity (Wildman–Crippen MR) is 196 cm³/mol. The maximum absolute atomic E-state index is 6.73. The van der Waals surface area contributed by atoms with E-state index in [0.29, 0.717) is 11.8 Å². The first-order valence-corrected chi connectivity index (χ1v) is 17.8. The van der Waals surface area contributed by atoms with E-state index in [4.69, 9.17) is 18.1 Å². The van der Waals surface area contributed by atoms with Gasteiger partial charge in [-0.3, -0.25) is 0 Å². The van der Waals surface area contributed by atoms with Gasteiger partial charge in [0, 0.05) is 11.1 Å². The van der Waals surface area contributed by atoms with Crippen LogP contribution in [-0.2, 0) is 12.8 Å². The molecule has 0 fully saturated rings. The van der Waals surface area contributed by atoms with Crippen molar-refractivity contribution in [3.05, 3.63) is 125 Å². The summed E-state index contributed by atoms with van der Waals surface area (Å²) >= 11 is 0.